The van der Waals surface area contributed by atoms with Crippen molar-refractivity contribution in [2.45, 2.75) is 19.8 Å². The highest BCUT2D eigenvalue weighted by atomic mass is 16.2. The van der Waals surface area contributed by atoms with Gasteiger partial charge < -0.3 is 4.57 Å². The molecule has 3 heterocycles. The Morgan fingerprint density at radius 1 is 1.19 bits per heavy atom. The Morgan fingerprint density at radius 3 is 2.77 bits per heavy atom. The average Bonchev–Trinajstić information content (AvgIpc) is 3.26. The largest absolute Gasteiger partial charge is 0.322 e. The van der Waals surface area contributed by atoms with E-state index in [2.05, 4.69) is 16.8 Å². The number of guanidine groups is 1. The van der Waals surface area contributed by atoms with Gasteiger partial charge in [-0.05, 0) is 18.1 Å². The van der Waals surface area contributed by atoms with E-state index in [0.717, 1.165) is 42.6 Å². The summed E-state index contributed by atoms with van der Waals surface area (Å²) in [5.41, 5.74) is 1.75. The van der Waals surface area contributed by atoms with Crippen molar-refractivity contribution in [2.75, 3.05) is 24.5 Å². The maximum atomic E-state index is 13.1. The number of hydrogen-bond donors (Lipinski definition) is 0. The predicted octanol–water partition coefficient (Wildman–Crippen LogP) is 3.02. The molecule has 26 heavy (non-hydrogen) atoms. The van der Waals surface area contributed by atoms with E-state index >= 15 is 0 Å². The molecule has 0 fully saturated rings. The van der Waals surface area contributed by atoms with Gasteiger partial charge in [0.25, 0.3) is 5.91 Å². The zero-order valence-electron chi connectivity index (χ0n) is 15.2. The van der Waals surface area contributed by atoms with E-state index in [1.54, 1.807) is 0 Å². The van der Waals surface area contributed by atoms with Gasteiger partial charge in [0.15, 0.2) is 11.5 Å². The molecule has 1 aromatic heterocycles. The highest BCUT2D eigenvalue weighted by Crippen LogP contribution is 2.31. The highest BCUT2D eigenvalue weighted by molar-refractivity contribution is 6.18. The van der Waals surface area contributed by atoms with Crippen LogP contribution in [0.2, 0.25) is 0 Å². The van der Waals surface area contributed by atoms with Gasteiger partial charge in [-0.1, -0.05) is 49.8 Å². The van der Waals surface area contributed by atoms with Gasteiger partial charge in [0.2, 0.25) is 5.96 Å². The van der Waals surface area contributed by atoms with Crippen molar-refractivity contribution in [3.05, 3.63) is 47.4 Å². The second-order valence-corrected chi connectivity index (χ2v) is 6.59. The van der Waals surface area contributed by atoms with E-state index in [0.29, 0.717) is 18.8 Å². The molecule has 0 saturated carbocycles. The summed E-state index contributed by atoms with van der Waals surface area (Å²) in [6.45, 7) is 4.31. The first-order valence-electron chi connectivity index (χ1n) is 9.14. The normalized spacial score (nSPS) is 16.2. The molecule has 0 N–H and O–H groups in total. The zero-order chi connectivity index (χ0) is 18.1. The highest BCUT2D eigenvalue weighted by Gasteiger charge is 2.40. The third-order valence-electron chi connectivity index (χ3n) is 4.83. The summed E-state index contributed by atoms with van der Waals surface area (Å²) in [4.78, 5) is 26.3. The van der Waals surface area contributed by atoms with Crippen LogP contribution in [0, 0.1) is 0 Å². The summed E-state index contributed by atoms with van der Waals surface area (Å²) in [6, 6.07) is 10.1. The Labute approximate surface area is 153 Å². The standard InChI is InChI=1S/C20H23N5O/c1-3-4-13-25-19(26)17-18(24-14-12-21-20(24)25)22-16(23(17)2)11-10-15-8-6-5-7-9-15/h5-11H,3-4,12-14H2,1-2H3/b11-10+. The van der Waals surface area contributed by atoms with Gasteiger partial charge in [-0.3, -0.25) is 19.6 Å². The molecule has 2 aromatic rings. The van der Waals surface area contributed by atoms with Gasteiger partial charge in [0.1, 0.15) is 5.82 Å². The maximum Gasteiger partial charge on any atom is 0.281 e. The van der Waals surface area contributed by atoms with Crippen LogP contribution in [-0.4, -0.2) is 46.0 Å². The summed E-state index contributed by atoms with van der Waals surface area (Å²) in [5.74, 6) is 2.26. The van der Waals surface area contributed by atoms with Crippen molar-refractivity contribution in [3.8, 4) is 0 Å². The molecule has 0 atom stereocenters. The molecule has 0 radical (unpaired) electrons. The van der Waals surface area contributed by atoms with Crippen LogP contribution >= 0.6 is 0 Å². The number of nitrogens with zero attached hydrogens (tertiary/aromatic N) is 5. The maximum absolute atomic E-state index is 13.1. The second-order valence-electron chi connectivity index (χ2n) is 6.59. The number of amides is 1. The SMILES string of the molecule is CCCCN1C(=O)c2c(nc(/C=C/c3ccccc3)n2C)N2CCN=C12. The lowest BCUT2D eigenvalue weighted by molar-refractivity contribution is 0.0830. The minimum absolute atomic E-state index is 0.000267. The Morgan fingerprint density at radius 2 is 2.00 bits per heavy atom. The first kappa shape index (κ1) is 16.6. The van der Waals surface area contributed by atoms with Crippen LogP contribution in [0.5, 0.6) is 0 Å². The Balaban J connectivity index is 1.71. The fourth-order valence-electron chi connectivity index (χ4n) is 3.42. The molecule has 6 nitrogen and oxygen atoms in total. The summed E-state index contributed by atoms with van der Waals surface area (Å²) < 4.78 is 1.89. The summed E-state index contributed by atoms with van der Waals surface area (Å²) >= 11 is 0. The fraction of sp³-hybridized carbons (Fsp3) is 0.350. The molecule has 1 aromatic carbocycles. The van der Waals surface area contributed by atoms with E-state index in [9.17, 15) is 4.79 Å². The number of unbranched alkanes of at least 4 members (excludes halogenated alkanes) is 1. The molecule has 0 spiro atoms. The van der Waals surface area contributed by atoms with Crippen LogP contribution in [0.3, 0.4) is 0 Å². The van der Waals surface area contributed by atoms with Crippen LogP contribution in [0.15, 0.2) is 35.3 Å². The first-order valence-corrected chi connectivity index (χ1v) is 9.14. The number of carbonyl (C=O) groups is 1. The quantitative estimate of drug-likeness (QED) is 0.834. The fourth-order valence-corrected chi connectivity index (χ4v) is 3.42. The number of benzene rings is 1. The van der Waals surface area contributed by atoms with Crippen LogP contribution in [0.25, 0.3) is 12.2 Å². The van der Waals surface area contributed by atoms with Crippen molar-refractivity contribution in [2.24, 2.45) is 12.0 Å². The first-order chi connectivity index (χ1) is 12.7. The molecule has 1 amide bonds. The summed E-state index contributed by atoms with van der Waals surface area (Å²) in [7, 11) is 1.91. The van der Waals surface area contributed by atoms with Gasteiger partial charge in [-0.25, -0.2) is 4.98 Å². The average molecular weight is 349 g/mol. The van der Waals surface area contributed by atoms with Crippen molar-refractivity contribution in [3.63, 3.8) is 0 Å². The smallest absolute Gasteiger partial charge is 0.281 e. The van der Waals surface area contributed by atoms with Crippen molar-refractivity contribution in [1.29, 1.82) is 0 Å². The molecule has 0 aliphatic carbocycles. The third-order valence-corrected chi connectivity index (χ3v) is 4.83. The molecule has 2 aliphatic heterocycles. The molecule has 0 saturated heterocycles. The Hall–Kier alpha value is -2.89. The number of fused-ring (bicyclic) bond motifs is 3. The topological polar surface area (TPSA) is 53.7 Å². The number of aromatic nitrogens is 2. The van der Waals surface area contributed by atoms with E-state index in [1.807, 2.05) is 59.0 Å². The molecule has 134 valence electrons. The summed E-state index contributed by atoms with van der Waals surface area (Å²) in [5, 5.41) is 0. The van der Waals surface area contributed by atoms with E-state index in [1.165, 1.54) is 0 Å². The van der Waals surface area contributed by atoms with E-state index in [4.69, 9.17) is 4.98 Å². The third kappa shape index (κ3) is 2.71. The number of imidazole rings is 1. The molecular formula is C20H23N5O. The van der Waals surface area contributed by atoms with Gasteiger partial charge in [-0.15, -0.1) is 0 Å². The van der Waals surface area contributed by atoms with Gasteiger partial charge in [0, 0.05) is 20.1 Å². The Kier molecular flexibility index (Phi) is 4.32. The monoisotopic (exact) mass is 349 g/mol. The van der Waals surface area contributed by atoms with Crippen LogP contribution in [-0.2, 0) is 7.05 Å². The predicted molar refractivity (Wildman–Crippen MR) is 104 cm³/mol. The van der Waals surface area contributed by atoms with Crippen molar-refractivity contribution >= 4 is 29.8 Å². The van der Waals surface area contributed by atoms with Crippen molar-refractivity contribution in [1.82, 2.24) is 14.5 Å². The minimum Gasteiger partial charge on any atom is -0.322 e. The second kappa shape index (κ2) is 6.78. The van der Waals surface area contributed by atoms with E-state index in [-0.39, 0.29) is 5.91 Å². The number of aliphatic imine (C=N–C) groups is 1. The molecule has 0 bridgehead atoms. The van der Waals surface area contributed by atoms with Gasteiger partial charge in [-0.2, -0.15) is 0 Å². The number of rotatable bonds is 5. The molecule has 0 unspecified atom stereocenters. The van der Waals surface area contributed by atoms with Gasteiger partial charge in [0.05, 0.1) is 6.54 Å². The minimum atomic E-state index is -0.000267. The molecule has 4 rings (SSSR count). The lowest BCUT2D eigenvalue weighted by Gasteiger charge is -2.33. The molecular weight excluding hydrogens is 326 g/mol. The lowest BCUT2D eigenvalue weighted by Crippen LogP contribution is -2.51. The van der Waals surface area contributed by atoms with Crippen molar-refractivity contribution < 1.29 is 4.79 Å². The number of carbonyl (C=O) groups excluding carboxylic acids is 1. The number of hydrogen-bond acceptors (Lipinski definition) is 4. The van der Waals surface area contributed by atoms with Gasteiger partial charge >= 0.3 is 0 Å². The zero-order valence-corrected chi connectivity index (χ0v) is 15.2. The van der Waals surface area contributed by atoms with Crippen LogP contribution < -0.4 is 4.90 Å². The van der Waals surface area contributed by atoms with Crippen LogP contribution in [0.4, 0.5) is 5.82 Å². The molecule has 2 aliphatic rings. The summed E-state index contributed by atoms with van der Waals surface area (Å²) in [6.07, 6.45) is 5.99. The van der Waals surface area contributed by atoms with E-state index < -0.39 is 0 Å². The molecule has 6 heteroatoms. The Bertz CT molecular complexity index is 881. The number of anilines is 1. The lowest BCUT2D eigenvalue weighted by atomic mass is 10.2. The van der Waals surface area contributed by atoms with Crippen LogP contribution in [0.1, 0.15) is 41.6 Å².